The van der Waals surface area contributed by atoms with E-state index in [0.29, 0.717) is 0 Å². The van der Waals surface area contributed by atoms with Crippen molar-refractivity contribution in [3.63, 3.8) is 0 Å². The second-order valence-electron chi connectivity index (χ2n) is 4.30. The van der Waals surface area contributed by atoms with Gasteiger partial charge in [0.1, 0.15) is 7.05 Å². The Morgan fingerprint density at radius 3 is 2.42 bits per heavy atom. The summed E-state index contributed by atoms with van der Waals surface area (Å²) in [6, 6.07) is 14.2. The summed E-state index contributed by atoms with van der Waals surface area (Å²) in [5, 5.41) is 6.49. The van der Waals surface area contributed by atoms with E-state index in [4.69, 9.17) is 0 Å². The Morgan fingerprint density at radius 2 is 1.79 bits per heavy atom. The van der Waals surface area contributed by atoms with Gasteiger partial charge in [-0.2, -0.15) is 5.10 Å². The lowest BCUT2D eigenvalue weighted by molar-refractivity contribution is -0.671. The lowest BCUT2D eigenvalue weighted by atomic mass is 10.2. The van der Waals surface area contributed by atoms with Crippen LogP contribution in [0.3, 0.4) is 0 Å². The lowest BCUT2D eigenvalue weighted by Gasteiger charge is -2.14. The zero-order chi connectivity index (χ0) is 13.0. The molecule has 0 spiro atoms. The van der Waals surface area contributed by atoms with E-state index in [1.165, 1.54) is 0 Å². The summed E-state index contributed by atoms with van der Waals surface area (Å²) in [5.74, 6) is 0. The zero-order valence-corrected chi connectivity index (χ0v) is 12.2. The fourth-order valence-electron chi connectivity index (χ4n) is 1.79. The van der Waals surface area contributed by atoms with Crippen LogP contribution in [0.25, 0.3) is 0 Å². The number of aromatic nitrogens is 1. The molecule has 0 aliphatic carbocycles. The zero-order valence-electron chi connectivity index (χ0n) is 11.4. The molecular formula is C15H18ClN3. The molecule has 0 aliphatic heterocycles. The molecule has 4 heteroatoms. The Hall–Kier alpha value is -1.87. The number of benzene rings is 1. The molecule has 0 amide bonds. The molecule has 0 fully saturated rings. The minimum Gasteiger partial charge on any atom is -1.00 e. The molecule has 0 aliphatic rings. The highest BCUT2D eigenvalue weighted by atomic mass is 35.5. The third-order valence-electron chi connectivity index (χ3n) is 2.79. The summed E-state index contributed by atoms with van der Waals surface area (Å²) in [7, 11) is 3.97. The van der Waals surface area contributed by atoms with Gasteiger partial charge in [-0.1, -0.05) is 18.2 Å². The van der Waals surface area contributed by atoms with E-state index in [2.05, 4.69) is 17.4 Å². The van der Waals surface area contributed by atoms with Crippen molar-refractivity contribution in [1.29, 1.82) is 0 Å². The molecule has 0 saturated heterocycles. The molecule has 1 aromatic carbocycles. The predicted octanol–water partition coefficient (Wildman–Crippen LogP) is -0.624. The molecule has 0 bridgehead atoms. The molecule has 1 heterocycles. The Morgan fingerprint density at radius 1 is 1.11 bits per heavy atom. The summed E-state index contributed by atoms with van der Waals surface area (Å²) < 4.78 is 2.02. The minimum atomic E-state index is 0. The fourth-order valence-corrected chi connectivity index (χ4v) is 1.79. The third kappa shape index (κ3) is 4.07. The van der Waals surface area contributed by atoms with Gasteiger partial charge in [0.25, 0.3) is 0 Å². The molecule has 19 heavy (non-hydrogen) atoms. The number of anilines is 1. The number of para-hydroxylation sites is 1. The second kappa shape index (κ2) is 6.90. The summed E-state index contributed by atoms with van der Waals surface area (Å²) in [4.78, 5) is 0. The van der Waals surface area contributed by atoms with E-state index >= 15 is 0 Å². The number of hydrogen-bond acceptors (Lipinski definition) is 2. The number of hydrogen-bond donors (Lipinski definition) is 0. The molecule has 2 aromatic rings. The van der Waals surface area contributed by atoms with E-state index in [1.54, 1.807) is 0 Å². The van der Waals surface area contributed by atoms with Gasteiger partial charge in [0.05, 0.1) is 17.0 Å². The molecular weight excluding hydrogens is 258 g/mol. The Kier molecular flexibility index (Phi) is 5.52. The van der Waals surface area contributed by atoms with Crippen LogP contribution < -0.4 is 22.0 Å². The van der Waals surface area contributed by atoms with Crippen molar-refractivity contribution in [2.24, 2.45) is 12.1 Å². The van der Waals surface area contributed by atoms with Gasteiger partial charge in [-0.05, 0) is 25.1 Å². The first-order valence-electron chi connectivity index (χ1n) is 5.96. The number of nitrogens with zero attached hydrogens (tertiary/aromatic N) is 3. The van der Waals surface area contributed by atoms with E-state index < -0.39 is 0 Å². The highest BCUT2D eigenvalue weighted by Gasteiger charge is 2.04. The third-order valence-corrected chi connectivity index (χ3v) is 2.79. The Balaban J connectivity index is 0.00000180. The largest absolute Gasteiger partial charge is 1.00 e. The van der Waals surface area contributed by atoms with Crippen molar-refractivity contribution in [3.8, 4) is 0 Å². The van der Waals surface area contributed by atoms with Crippen LogP contribution in [0.15, 0.2) is 60.0 Å². The number of halogens is 1. The first-order chi connectivity index (χ1) is 8.66. The van der Waals surface area contributed by atoms with Crippen LogP contribution in [-0.2, 0) is 7.05 Å². The first kappa shape index (κ1) is 15.2. The second-order valence-corrected chi connectivity index (χ2v) is 4.30. The average Bonchev–Trinajstić information content (AvgIpc) is 2.39. The van der Waals surface area contributed by atoms with Crippen LogP contribution in [0.2, 0.25) is 0 Å². The van der Waals surface area contributed by atoms with E-state index in [1.807, 2.05) is 73.2 Å². The standard InChI is InChI=1S/C15H18N3.ClH/c1-13(14-8-7-11-17(2)12-14)16-18(3)15-9-5-4-6-10-15;/h4-12H,1-3H3;1H/q+1;/p-1/b16-13+;. The van der Waals surface area contributed by atoms with Crippen molar-refractivity contribution >= 4 is 11.4 Å². The molecule has 0 radical (unpaired) electrons. The van der Waals surface area contributed by atoms with Crippen LogP contribution in [0.4, 0.5) is 5.69 Å². The van der Waals surface area contributed by atoms with Gasteiger partial charge in [-0.25, -0.2) is 4.57 Å². The number of aryl methyl sites for hydroxylation is 1. The average molecular weight is 276 g/mol. The molecule has 2 rings (SSSR count). The SMILES string of the molecule is C/C(=N\N(C)c1ccccc1)c1ccc[n+](C)c1.[Cl-]. The van der Waals surface area contributed by atoms with Crippen molar-refractivity contribution < 1.29 is 17.0 Å². The van der Waals surface area contributed by atoms with Crippen molar-refractivity contribution in [2.45, 2.75) is 6.92 Å². The maximum atomic E-state index is 4.60. The van der Waals surface area contributed by atoms with Crippen molar-refractivity contribution in [3.05, 3.63) is 60.4 Å². The van der Waals surface area contributed by atoms with E-state index in [-0.39, 0.29) is 12.4 Å². The summed E-state index contributed by atoms with van der Waals surface area (Å²) >= 11 is 0. The maximum absolute atomic E-state index is 4.60. The van der Waals surface area contributed by atoms with Gasteiger partial charge in [0.2, 0.25) is 0 Å². The molecule has 0 unspecified atom stereocenters. The fraction of sp³-hybridized carbons (Fsp3) is 0.200. The van der Waals surface area contributed by atoms with Crippen molar-refractivity contribution in [2.75, 3.05) is 12.1 Å². The summed E-state index contributed by atoms with van der Waals surface area (Å²) in [5.41, 5.74) is 3.21. The first-order valence-corrected chi connectivity index (χ1v) is 5.96. The van der Waals surface area contributed by atoms with Gasteiger partial charge >= 0.3 is 0 Å². The van der Waals surface area contributed by atoms with Crippen LogP contribution in [0.5, 0.6) is 0 Å². The number of rotatable bonds is 3. The molecule has 0 N–H and O–H groups in total. The Bertz CT molecular complexity index is 552. The van der Waals surface area contributed by atoms with Gasteiger partial charge in [0, 0.05) is 13.1 Å². The van der Waals surface area contributed by atoms with Gasteiger partial charge < -0.3 is 12.4 Å². The molecule has 1 aromatic heterocycles. The topological polar surface area (TPSA) is 19.5 Å². The van der Waals surface area contributed by atoms with Crippen LogP contribution in [0.1, 0.15) is 12.5 Å². The molecule has 0 saturated carbocycles. The molecule has 0 atom stereocenters. The highest BCUT2D eigenvalue weighted by molar-refractivity contribution is 5.98. The quantitative estimate of drug-likeness (QED) is 0.415. The van der Waals surface area contributed by atoms with E-state index in [0.717, 1.165) is 17.0 Å². The van der Waals surface area contributed by atoms with Crippen molar-refractivity contribution in [1.82, 2.24) is 0 Å². The monoisotopic (exact) mass is 275 g/mol. The predicted molar refractivity (Wildman–Crippen MR) is 74.7 cm³/mol. The minimum absolute atomic E-state index is 0. The van der Waals surface area contributed by atoms with E-state index in [9.17, 15) is 0 Å². The smallest absolute Gasteiger partial charge is 0.177 e. The summed E-state index contributed by atoms with van der Waals surface area (Å²) in [6.45, 7) is 2.02. The normalized spacial score (nSPS) is 10.8. The molecule has 3 nitrogen and oxygen atoms in total. The summed E-state index contributed by atoms with van der Waals surface area (Å²) in [6.07, 6.45) is 4.08. The van der Waals surface area contributed by atoms with Crippen LogP contribution in [0, 0.1) is 0 Å². The highest BCUT2D eigenvalue weighted by Crippen LogP contribution is 2.12. The van der Waals surface area contributed by atoms with Gasteiger partial charge in [0.15, 0.2) is 12.4 Å². The lowest BCUT2D eigenvalue weighted by Crippen LogP contribution is -3.00. The Labute approximate surface area is 120 Å². The number of hydrazone groups is 1. The van der Waals surface area contributed by atoms with Gasteiger partial charge in [-0.15, -0.1) is 0 Å². The molecule has 100 valence electrons. The van der Waals surface area contributed by atoms with Crippen LogP contribution >= 0.6 is 0 Å². The number of pyridine rings is 1. The van der Waals surface area contributed by atoms with Gasteiger partial charge in [-0.3, -0.25) is 5.01 Å². The maximum Gasteiger partial charge on any atom is 0.177 e. The van der Waals surface area contributed by atoms with Crippen LogP contribution in [-0.4, -0.2) is 12.8 Å².